The van der Waals surface area contributed by atoms with Crippen LogP contribution in [0.15, 0.2) is 36.5 Å². The van der Waals surface area contributed by atoms with Crippen molar-refractivity contribution in [2.75, 3.05) is 16.8 Å². The van der Waals surface area contributed by atoms with Gasteiger partial charge in [-0.1, -0.05) is 17.7 Å². The topological polar surface area (TPSA) is 60.2 Å². The molecule has 156 valence electrons. The predicted molar refractivity (Wildman–Crippen MR) is 111 cm³/mol. The van der Waals surface area contributed by atoms with E-state index in [1.807, 2.05) is 31.2 Å². The molecule has 1 aliphatic carbocycles. The second kappa shape index (κ2) is 8.03. The fourth-order valence-electron chi connectivity index (χ4n) is 3.39. The van der Waals surface area contributed by atoms with Crippen LogP contribution in [0.3, 0.4) is 0 Å². The molecule has 1 heterocycles. The van der Waals surface area contributed by atoms with E-state index in [1.54, 1.807) is 4.90 Å². The molecule has 30 heavy (non-hydrogen) atoms. The molecular weight excluding hydrogens is 413 g/mol. The number of pyridine rings is 1. The van der Waals surface area contributed by atoms with Crippen LogP contribution in [0.2, 0.25) is 0 Å². The summed E-state index contributed by atoms with van der Waals surface area (Å²) in [5, 5.41) is 9.13. The Morgan fingerprint density at radius 2 is 1.90 bits per heavy atom. The van der Waals surface area contributed by atoms with Crippen molar-refractivity contribution in [3.8, 4) is 6.07 Å². The highest BCUT2D eigenvalue weighted by Gasteiger charge is 2.45. The first-order valence-electron chi connectivity index (χ1n) is 9.21. The minimum Gasteiger partial charge on any atom is -0.320 e. The Morgan fingerprint density at radius 3 is 2.37 bits per heavy atom. The zero-order valence-electron chi connectivity index (χ0n) is 16.4. The highest BCUT2D eigenvalue weighted by molar-refractivity contribution is 7.80. The van der Waals surface area contributed by atoms with Crippen LogP contribution in [-0.4, -0.2) is 29.0 Å². The number of hydrogen-bond acceptors (Lipinski definition) is 4. The fraction of sp³-hybridized carbons (Fsp3) is 0.333. The molecule has 1 aromatic carbocycles. The van der Waals surface area contributed by atoms with Crippen LogP contribution in [-0.2, 0) is 11.0 Å². The third-order valence-corrected chi connectivity index (χ3v) is 5.78. The average Bonchev–Trinajstić information content (AvgIpc) is 2.69. The number of anilines is 2. The molecule has 2 aromatic rings. The molecule has 0 spiro atoms. The number of aromatic nitrogens is 1. The van der Waals surface area contributed by atoms with Gasteiger partial charge in [0.25, 0.3) is 0 Å². The minimum absolute atomic E-state index is 0.0730. The maximum atomic E-state index is 13.3. The van der Waals surface area contributed by atoms with Crippen LogP contribution in [0.25, 0.3) is 0 Å². The number of rotatable bonds is 4. The Bertz CT molecular complexity index is 1010. The highest BCUT2D eigenvalue weighted by atomic mass is 32.1. The molecule has 0 amide bonds. The third-order valence-electron chi connectivity index (χ3n) is 5.33. The van der Waals surface area contributed by atoms with Gasteiger partial charge in [-0.3, -0.25) is 0 Å². The molecular formula is C21H19F3N4OS. The molecule has 1 fully saturated rings. The monoisotopic (exact) mass is 432 g/mol. The lowest BCUT2D eigenvalue weighted by Gasteiger charge is -2.48. The van der Waals surface area contributed by atoms with Gasteiger partial charge in [-0.15, -0.1) is 0 Å². The quantitative estimate of drug-likeness (QED) is 0.519. The van der Waals surface area contributed by atoms with Gasteiger partial charge in [0, 0.05) is 12.7 Å². The molecule has 9 heteroatoms. The van der Waals surface area contributed by atoms with E-state index in [-0.39, 0.29) is 10.8 Å². The van der Waals surface area contributed by atoms with Gasteiger partial charge >= 0.3 is 6.18 Å². The van der Waals surface area contributed by atoms with Crippen molar-refractivity contribution in [2.24, 2.45) is 0 Å². The summed E-state index contributed by atoms with van der Waals surface area (Å²) in [6, 6.07) is 9.74. The van der Waals surface area contributed by atoms with Crippen LogP contribution in [0, 0.1) is 18.3 Å². The van der Waals surface area contributed by atoms with Gasteiger partial charge in [0.15, 0.2) is 10.8 Å². The summed E-state index contributed by atoms with van der Waals surface area (Å²) in [7, 11) is 1.52. The van der Waals surface area contributed by atoms with Crippen molar-refractivity contribution in [3.63, 3.8) is 0 Å². The lowest BCUT2D eigenvalue weighted by atomic mass is 9.76. The van der Waals surface area contributed by atoms with Crippen molar-refractivity contribution in [2.45, 2.75) is 37.9 Å². The van der Waals surface area contributed by atoms with Crippen molar-refractivity contribution in [1.29, 1.82) is 5.26 Å². The molecule has 0 aliphatic heterocycles. The lowest BCUT2D eigenvalue weighted by Crippen LogP contribution is -2.60. The number of halogens is 3. The van der Waals surface area contributed by atoms with Gasteiger partial charge in [-0.05, 0) is 56.6 Å². The maximum absolute atomic E-state index is 13.3. The molecule has 0 N–H and O–H groups in total. The van der Waals surface area contributed by atoms with Crippen LogP contribution in [0.5, 0.6) is 0 Å². The Kier molecular flexibility index (Phi) is 5.81. The van der Waals surface area contributed by atoms with Gasteiger partial charge in [0.1, 0.15) is 17.9 Å². The van der Waals surface area contributed by atoms with E-state index in [0.717, 1.165) is 24.3 Å². The summed E-state index contributed by atoms with van der Waals surface area (Å²) >= 11 is 5.63. The SMILES string of the molecule is Cc1ccc(N(C(=S)N(C)c2cnc(C#N)c(C(F)(F)F)c2)C2(C=O)CCC2)cc1. The lowest BCUT2D eigenvalue weighted by molar-refractivity contribution is -0.138. The summed E-state index contributed by atoms with van der Waals surface area (Å²) in [5.74, 6) is 0. The van der Waals surface area contributed by atoms with Crippen LogP contribution < -0.4 is 9.80 Å². The third kappa shape index (κ3) is 3.87. The minimum atomic E-state index is -4.73. The van der Waals surface area contributed by atoms with Gasteiger partial charge < -0.3 is 14.6 Å². The Morgan fingerprint density at radius 1 is 1.27 bits per heavy atom. The zero-order chi connectivity index (χ0) is 22.1. The molecule has 0 unspecified atom stereocenters. The summed E-state index contributed by atoms with van der Waals surface area (Å²) in [4.78, 5) is 18.7. The van der Waals surface area contributed by atoms with Gasteiger partial charge in [-0.2, -0.15) is 18.4 Å². The van der Waals surface area contributed by atoms with Gasteiger partial charge in [0.05, 0.1) is 17.4 Å². The van der Waals surface area contributed by atoms with Gasteiger partial charge in [-0.25, -0.2) is 4.98 Å². The van der Waals surface area contributed by atoms with E-state index in [4.69, 9.17) is 17.5 Å². The standard InChI is InChI=1S/C21H19F3N4OS/c1-14-4-6-15(7-5-14)28(20(13-29)8-3-9-20)19(30)27(2)16-10-17(21(22,23)24)18(11-25)26-12-16/h4-7,10,12-13H,3,8-9H2,1-2H3. The number of alkyl halides is 3. The Labute approximate surface area is 177 Å². The number of carbonyl (C=O) groups excluding carboxylic acids is 1. The zero-order valence-corrected chi connectivity index (χ0v) is 17.2. The number of benzene rings is 1. The first-order chi connectivity index (χ1) is 14.1. The fourth-order valence-corrected chi connectivity index (χ4v) is 3.78. The largest absolute Gasteiger partial charge is 0.419 e. The van der Waals surface area contributed by atoms with E-state index in [1.165, 1.54) is 24.2 Å². The number of thiocarbonyl (C=S) groups is 1. The molecule has 0 saturated heterocycles. The second-order valence-corrected chi connectivity index (χ2v) is 7.65. The summed E-state index contributed by atoms with van der Waals surface area (Å²) in [5.41, 5.74) is -0.895. The molecule has 1 aromatic heterocycles. The van der Waals surface area contributed by atoms with E-state index in [2.05, 4.69) is 4.98 Å². The van der Waals surface area contributed by atoms with Crippen molar-refractivity contribution in [1.82, 2.24) is 4.98 Å². The number of nitrogens with zero attached hydrogens (tertiary/aromatic N) is 4. The van der Waals surface area contributed by atoms with E-state index < -0.39 is 23.0 Å². The first kappa shape index (κ1) is 21.7. The van der Waals surface area contributed by atoms with E-state index in [9.17, 15) is 18.0 Å². The van der Waals surface area contributed by atoms with Crippen LogP contribution in [0.1, 0.15) is 36.1 Å². The second-order valence-electron chi connectivity index (χ2n) is 7.29. The number of hydrogen-bond donors (Lipinski definition) is 0. The number of carbonyl (C=O) groups is 1. The summed E-state index contributed by atoms with van der Waals surface area (Å²) in [6.45, 7) is 1.93. The normalized spacial score (nSPS) is 14.9. The maximum Gasteiger partial charge on any atom is 0.419 e. The van der Waals surface area contributed by atoms with E-state index >= 15 is 0 Å². The molecule has 0 radical (unpaired) electrons. The van der Waals surface area contributed by atoms with Crippen molar-refractivity contribution < 1.29 is 18.0 Å². The summed E-state index contributed by atoms with van der Waals surface area (Å²) < 4.78 is 40.0. The number of aldehydes is 1. The number of nitriles is 1. The summed E-state index contributed by atoms with van der Waals surface area (Å²) in [6.07, 6.45) is -0.665. The van der Waals surface area contributed by atoms with Crippen LogP contribution in [0.4, 0.5) is 24.5 Å². The first-order valence-corrected chi connectivity index (χ1v) is 9.62. The smallest absolute Gasteiger partial charge is 0.320 e. The predicted octanol–water partition coefficient (Wildman–Crippen LogP) is 4.63. The Balaban J connectivity index is 2.04. The molecule has 0 atom stereocenters. The Hall–Kier alpha value is -2.99. The average molecular weight is 432 g/mol. The molecule has 3 rings (SSSR count). The highest BCUT2D eigenvalue weighted by Crippen LogP contribution is 2.40. The molecule has 1 saturated carbocycles. The van der Waals surface area contributed by atoms with Crippen LogP contribution >= 0.6 is 12.2 Å². The van der Waals surface area contributed by atoms with Gasteiger partial charge in [0.2, 0.25) is 0 Å². The van der Waals surface area contributed by atoms with Crippen molar-refractivity contribution in [3.05, 3.63) is 53.3 Å². The number of aryl methyl sites for hydroxylation is 1. The molecule has 5 nitrogen and oxygen atoms in total. The molecule has 1 aliphatic rings. The van der Waals surface area contributed by atoms with E-state index in [0.29, 0.717) is 18.5 Å². The molecule has 0 bridgehead atoms. The van der Waals surface area contributed by atoms with Crippen molar-refractivity contribution >= 4 is 35.0 Å².